The fraction of sp³-hybridized carbons (Fsp3) is 0.417. The summed E-state index contributed by atoms with van der Waals surface area (Å²) in [5, 5.41) is 0. The van der Waals surface area contributed by atoms with Crippen LogP contribution in [0.3, 0.4) is 0 Å². The summed E-state index contributed by atoms with van der Waals surface area (Å²) in [6.45, 7) is 3.28. The molecule has 1 aromatic carbocycles. The highest BCUT2D eigenvalue weighted by atomic mass is 16.5. The van der Waals surface area contributed by atoms with Gasteiger partial charge in [0.1, 0.15) is 5.75 Å². The molecule has 1 rings (SSSR count). The number of rotatable bonds is 6. The summed E-state index contributed by atoms with van der Waals surface area (Å²) < 4.78 is 10.6. The highest BCUT2D eigenvalue weighted by Gasteiger charge is 2.05. The highest BCUT2D eigenvalue weighted by Crippen LogP contribution is 2.13. The summed E-state index contributed by atoms with van der Waals surface area (Å²) in [5.41, 5.74) is 2.58. The van der Waals surface area contributed by atoms with Crippen molar-refractivity contribution < 1.29 is 14.3 Å². The van der Waals surface area contributed by atoms with E-state index in [2.05, 4.69) is 5.43 Å². The van der Waals surface area contributed by atoms with Crippen LogP contribution in [-0.4, -0.2) is 26.2 Å². The molecule has 0 aliphatic carbocycles. The molecule has 3 N–H and O–H groups in total. The molecule has 1 aromatic rings. The number of benzene rings is 1. The Balaban J connectivity index is 2.48. The van der Waals surface area contributed by atoms with Crippen molar-refractivity contribution >= 4 is 5.91 Å². The van der Waals surface area contributed by atoms with Crippen molar-refractivity contribution in [1.29, 1.82) is 0 Å². The number of hydrogen-bond donors (Lipinski definition) is 2. The normalized spacial score (nSPS) is 11.9. The lowest BCUT2D eigenvalue weighted by molar-refractivity contribution is 0.0953. The molecule has 5 nitrogen and oxygen atoms in total. The van der Waals surface area contributed by atoms with Crippen LogP contribution in [0.15, 0.2) is 24.3 Å². The van der Waals surface area contributed by atoms with E-state index in [1.165, 1.54) is 0 Å². The van der Waals surface area contributed by atoms with E-state index in [0.717, 1.165) is 5.75 Å². The van der Waals surface area contributed by atoms with Crippen molar-refractivity contribution in [3.05, 3.63) is 29.8 Å². The Morgan fingerprint density at radius 2 is 2.00 bits per heavy atom. The zero-order valence-electron chi connectivity index (χ0n) is 10.1. The quantitative estimate of drug-likeness (QED) is 0.439. The summed E-state index contributed by atoms with van der Waals surface area (Å²) in [5.74, 6) is 5.76. The Labute approximate surface area is 101 Å². The number of carbonyl (C=O) groups is 1. The smallest absolute Gasteiger partial charge is 0.265 e. The summed E-state index contributed by atoms with van der Waals surface area (Å²) >= 11 is 0. The van der Waals surface area contributed by atoms with Crippen molar-refractivity contribution in [3.63, 3.8) is 0 Å². The van der Waals surface area contributed by atoms with Gasteiger partial charge >= 0.3 is 0 Å². The standard InChI is InChI=1S/C12H18N2O3/c1-9(7-16-2)8-17-11-5-3-10(4-6-11)12(15)14-13/h3-6,9H,7-8,13H2,1-2H3,(H,14,15). The third-order valence-corrected chi connectivity index (χ3v) is 2.23. The Morgan fingerprint density at radius 1 is 1.35 bits per heavy atom. The molecule has 94 valence electrons. The summed E-state index contributed by atoms with van der Waals surface area (Å²) in [6.07, 6.45) is 0. The van der Waals surface area contributed by atoms with Gasteiger partial charge in [-0.15, -0.1) is 0 Å². The first-order valence-electron chi connectivity index (χ1n) is 5.40. The van der Waals surface area contributed by atoms with Crippen LogP contribution in [0.2, 0.25) is 0 Å². The van der Waals surface area contributed by atoms with E-state index in [1.54, 1.807) is 31.4 Å². The van der Waals surface area contributed by atoms with Gasteiger partial charge in [0, 0.05) is 18.6 Å². The van der Waals surface area contributed by atoms with Gasteiger partial charge in [-0.05, 0) is 24.3 Å². The number of carbonyl (C=O) groups excluding carboxylic acids is 1. The van der Waals surface area contributed by atoms with E-state index in [4.69, 9.17) is 15.3 Å². The molecular weight excluding hydrogens is 220 g/mol. The molecule has 1 unspecified atom stereocenters. The Kier molecular flexibility index (Phi) is 5.45. The van der Waals surface area contributed by atoms with Crippen LogP contribution in [0.5, 0.6) is 5.75 Å². The molecule has 0 fully saturated rings. The van der Waals surface area contributed by atoms with Crippen molar-refractivity contribution in [2.75, 3.05) is 20.3 Å². The molecule has 1 atom stereocenters. The maximum absolute atomic E-state index is 11.2. The second kappa shape index (κ2) is 6.88. The van der Waals surface area contributed by atoms with Gasteiger partial charge < -0.3 is 9.47 Å². The SMILES string of the molecule is COCC(C)COc1ccc(C(=O)NN)cc1. The monoisotopic (exact) mass is 238 g/mol. The number of nitrogens with one attached hydrogen (secondary N) is 1. The zero-order chi connectivity index (χ0) is 12.7. The Morgan fingerprint density at radius 3 is 2.53 bits per heavy atom. The number of ether oxygens (including phenoxy) is 2. The molecule has 0 saturated heterocycles. The molecule has 0 bridgehead atoms. The number of amides is 1. The molecule has 0 aliphatic rings. The van der Waals surface area contributed by atoms with Crippen LogP contribution in [0, 0.1) is 5.92 Å². The van der Waals surface area contributed by atoms with Crippen molar-refractivity contribution in [2.45, 2.75) is 6.92 Å². The number of hydrazine groups is 1. The zero-order valence-corrected chi connectivity index (χ0v) is 10.1. The van der Waals surface area contributed by atoms with Gasteiger partial charge in [-0.2, -0.15) is 0 Å². The van der Waals surface area contributed by atoms with Crippen molar-refractivity contribution in [3.8, 4) is 5.75 Å². The number of nitrogens with two attached hydrogens (primary N) is 1. The molecule has 0 aliphatic heterocycles. The number of hydrogen-bond acceptors (Lipinski definition) is 4. The van der Waals surface area contributed by atoms with Crippen molar-refractivity contribution in [1.82, 2.24) is 5.43 Å². The van der Waals surface area contributed by atoms with Gasteiger partial charge in [-0.25, -0.2) is 5.84 Å². The Hall–Kier alpha value is -1.59. The molecule has 0 saturated carbocycles. The van der Waals surface area contributed by atoms with Gasteiger partial charge in [0.05, 0.1) is 13.2 Å². The molecule has 0 spiro atoms. The van der Waals surface area contributed by atoms with E-state index >= 15 is 0 Å². The fourth-order valence-electron chi connectivity index (χ4n) is 1.36. The molecule has 0 radical (unpaired) electrons. The van der Waals surface area contributed by atoms with Crippen LogP contribution >= 0.6 is 0 Å². The van der Waals surface area contributed by atoms with Crippen molar-refractivity contribution in [2.24, 2.45) is 11.8 Å². The summed E-state index contributed by atoms with van der Waals surface area (Å²) in [6, 6.07) is 6.81. The average molecular weight is 238 g/mol. The molecule has 0 heterocycles. The van der Waals surface area contributed by atoms with Crippen LogP contribution in [0.25, 0.3) is 0 Å². The molecule has 17 heavy (non-hydrogen) atoms. The van der Waals surface area contributed by atoms with E-state index in [1.807, 2.05) is 6.92 Å². The lowest BCUT2D eigenvalue weighted by Gasteiger charge is -2.12. The first-order valence-corrected chi connectivity index (χ1v) is 5.40. The lowest BCUT2D eigenvalue weighted by atomic mass is 10.2. The lowest BCUT2D eigenvalue weighted by Crippen LogP contribution is -2.29. The third kappa shape index (κ3) is 4.42. The highest BCUT2D eigenvalue weighted by molar-refractivity contribution is 5.93. The molecule has 0 aromatic heterocycles. The fourth-order valence-corrected chi connectivity index (χ4v) is 1.36. The minimum Gasteiger partial charge on any atom is -0.493 e. The first kappa shape index (κ1) is 13.5. The predicted octanol–water partition coefficient (Wildman–Crippen LogP) is 0.951. The third-order valence-electron chi connectivity index (χ3n) is 2.23. The van der Waals surface area contributed by atoms with Crippen LogP contribution in [-0.2, 0) is 4.74 Å². The van der Waals surface area contributed by atoms with E-state index in [-0.39, 0.29) is 5.91 Å². The second-order valence-corrected chi connectivity index (χ2v) is 3.87. The summed E-state index contributed by atoms with van der Waals surface area (Å²) in [7, 11) is 1.66. The van der Waals surface area contributed by atoms with Crippen LogP contribution < -0.4 is 16.0 Å². The van der Waals surface area contributed by atoms with Gasteiger partial charge in [0.25, 0.3) is 5.91 Å². The maximum Gasteiger partial charge on any atom is 0.265 e. The minimum absolute atomic E-state index is 0.315. The molecule has 5 heteroatoms. The largest absolute Gasteiger partial charge is 0.493 e. The minimum atomic E-state index is -0.315. The predicted molar refractivity (Wildman–Crippen MR) is 64.6 cm³/mol. The number of methoxy groups -OCH3 is 1. The van der Waals surface area contributed by atoms with Gasteiger partial charge in [0.15, 0.2) is 0 Å². The van der Waals surface area contributed by atoms with Crippen LogP contribution in [0.4, 0.5) is 0 Å². The van der Waals surface area contributed by atoms with E-state index in [0.29, 0.717) is 24.7 Å². The van der Waals surface area contributed by atoms with E-state index in [9.17, 15) is 4.79 Å². The average Bonchev–Trinajstić information content (AvgIpc) is 2.36. The van der Waals surface area contributed by atoms with Gasteiger partial charge in [-0.3, -0.25) is 10.2 Å². The van der Waals surface area contributed by atoms with Gasteiger partial charge in [-0.1, -0.05) is 6.92 Å². The maximum atomic E-state index is 11.2. The molecular formula is C12H18N2O3. The Bertz CT molecular complexity index is 351. The van der Waals surface area contributed by atoms with E-state index < -0.39 is 0 Å². The van der Waals surface area contributed by atoms with Gasteiger partial charge in [0.2, 0.25) is 0 Å². The van der Waals surface area contributed by atoms with Crippen LogP contribution in [0.1, 0.15) is 17.3 Å². The molecule has 1 amide bonds. The second-order valence-electron chi connectivity index (χ2n) is 3.87. The summed E-state index contributed by atoms with van der Waals surface area (Å²) in [4.78, 5) is 11.2. The first-order chi connectivity index (χ1) is 8.17. The number of nitrogen functional groups attached to an aromatic ring is 1. The topological polar surface area (TPSA) is 73.6 Å².